The normalized spacial score (nSPS) is 11.6. The monoisotopic (exact) mass is 852 g/mol. The topological polar surface area (TPSA) is 161 Å². The molecule has 0 bridgehead atoms. The summed E-state index contributed by atoms with van der Waals surface area (Å²) in [5, 5.41) is 20.1. The van der Waals surface area contributed by atoms with Crippen molar-refractivity contribution in [2.24, 2.45) is 0 Å². The van der Waals surface area contributed by atoms with Crippen molar-refractivity contribution in [2.45, 2.75) is 25.6 Å². The van der Waals surface area contributed by atoms with Crippen LogP contribution in [0.4, 0.5) is 61.0 Å². The van der Waals surface area contributed by atoms with E-state index in [1.54, 1.807) is 73.1 Å². The van der Waals surface area contributed by atoms with Crippen molar-refractivity contribution < 1.29 is 45.4 Å². The minimum atomic E-state index is -4.88. The zero-order chi connectivity index (χ0) is 43.4. The number of pyridine rings is 2. The summed E-state index contributed by atoms with van der Waals surface area (Å²) in [5.74, 6) is -1.29. The van der Waals surface area contributed by atoms with Gasteiger partial charge in [-0.05, 0) is 96.1 Å². The summed E-state index contributed by atoms with van der Waals surface area (Å²) in [4.78, 5) is 34.5. The standard InChI is InChI=1S/C42H30F6N10O4/c43-41(44,45)61-32-15-13-29(14-16-32)51-39-53-35-17-11-27(23-57(35)55-39)25-5-3-7-30(21-25)49-37(59)19-20-38(60)50-31-8-4-6-26(22-31)28-12-18-36-54-40(56-58(36)24-28)52-33-9-1-2-10-34(33)62-42(46,47)48/h1-18,21-24H,19-20H2,(H,49,59)(H,50,60)(H,51,55)(H,52,56). The van der Waals surface area contributed by atoms with Crippen molar-refractivity contribution in [3.63, 3.8) is 0 Å². The Morgan fingerprint density at radius 3 is 1.58 bits per heavy atom. The van der Waals surface area contributed by atoms with E-state index in [9.17, 15) is 35.9 Å². The largest absolute Gasteiger partial charge is 0.573 e. The molecular formula is C42H30F6N10O4. The summed E-state index contributed by atoms with van der Waals surface area (Å²) in [6.07, 6.45) is -6.45. The number of aromatic nitrogens is 6. The van der Waals surface area contributed by atoms with Crippen LogP contribution in [-0.4, -0.2) is 53.7 Å². The Morgan fingerprint density at radius 1 is 0.532 bits per heavy atom. The number of rotatable bonds is 13. The van der Waals surface area contributed by atoms with Crippen molar-refractivity contribution in [1.82, 2.24) is 29.2 Å². The molecule has 62 heavy (non-hydrogen) atoms. The molecule has 0 unspecified atom stereocenters. The molecule has 2 amide bonds. The minimum absolute atomic E-state index is 0.0273. The molecule has 0 aliphatic rings. The van der Waals surface area contributed by atoms with E-state index in [2.05, 4.69) is 50.9 Å². The molecule has 0 radical (unpaired) electrons. The van der Waals surface area contributed by atoms with E-state index in [1.165, 1.54) is 51.5 Å². The Balaban J connectivity index is 0.847. The molecular weight excluding hydrogens is 823 g/mol. The lowest BCUT2D eigenvalue weighted by atomic mass is 10.1. The molecule has 0 aliphatic carbocycles. The van der Waals surface area contributed by atoms with Gasteiger partial charge in [0, 0.05) is 53.4 Å². The number of hydrogen-bond acceptors (Lipinski definition) is 10. The average Bonchev–Trinajstić information content (AvgIpc) is 3.83. The molecule has 0 spiro atoms. The van der Waals surface area contributed by atoms with Gasteiger partial charge < -0.3 is 30.7 Å². The number of nitrogens with one attached hydrogen (secondary N) is 4. The first-order valence-corrected chi connectivity index (χ1v) is 18.5. The minimum Gasteiger partial charge on any atom is -0.406 e. The first-order chi connectivity index (χ1) is 29.7. The Kier molecular flexibility index (Phi) is 11.0. The van der Waals surface area contributed by atoms with E-state index in [4.69, 9.17) is 0 Å². The molecule has 4 N–H and O–H groups in total. The van der Waals surface area contributed by atoms with Crippen molar-refractivity contribution in [2.75, 3.05) is 21.3 Å². The van der Waals surface area contributed by atoms with Crippen LogP contribution in [0, 0.1) is 0 Å². The van der Waals surface area contributed by atoms with Crippen LogP contribution < -0.4 is 30.7 Å². The number of benzene rings is 4. The molecule has 4 aromatic carbocycles. The highest BCUT2D eigenvalue weighted by Gasteiger charge is 2.32. The van der Waals surface area contributed by atoms with Gasteiger partial charge in [-0.15, -0.1) is 36.5 Å². The van der Waals surface area contributed by atoms with Crippen molar-refractivity contribution >= 4 is 57.8 Å². The lowest BCUT2D eigenvalue weighted by molar-refractivity contribution is -0.275. The molecule has 14 nitrogen and oxygen atoms in total. The van der Waals surface area contributed by atoms with Gasteiger partial charge in [-0.1, -0.05) is 36.4 Å². The van der Waals surface area contributed by atoms with Crippen LogP contribution in [0.2, 0.25) is 0 Å². The average molecular weight is 853 g/mol. The fraction of sp³-hybridized carbons (Fsp3) is 0.0952. The smallest absolute Gasteiger partial charge is 0.406 e. The maximum atomic E-state index is 12.9. The molecule has 0 saturated heterocycles. The summed E-state index contributed by atoms with van der Waals surface area (Å²) >= 11 is 0. The predicted molar refractivity (Wildman–Crippen MR) is 216 cm³/mol. The number of amides is 2. The summed E-state index contributed by atoms with van der Waals surface area (Å²) in [6, 6.07) is 31.8. The molecule has 4 aromatic heterocycles. The Bertz CT molecular complexity index is 2920. The van der Waals surface area contributed by atoms with Crippen molar-refractivity contribution in [3.05, 3.63) is 134 Å². The van der Waals surface area contributed by atoms with Gasteiger partial charge in [-0.25, -0.2) is 9.03 Å². The maximum absolute atomic E-state index is 12.9. The lowest BCUT2D eigenvalue weighted by Crippen LogP contribution is -2.17. The second-order valence-corrected chi connectivity index (χ2v) is 13.4. The number of hydrogen-bond donors (Lipinski definition) is 4. The summed E-state index contributed by atoms with van der Waals surface area (Å²) in [5.41, 5.74) is 5.35. The second-order valence-electron chi connectivity index (χ2n) is 13.4. The van der Waals surface area contributed by atoms with E-state index in [0.29, 0.717) is 33.9 Å². The number of nitrogens with zero attached hydrogens (tertiary/aromatic N) is 6. The maximum Gasteiger partial charge on any atom is 0.573 e. The zero-order valence-corrected chi connectivity index (χ0v) is 31.7. The lowest BCUT2D eigenvalue weighted by Gasteiger charge is -2.12. The summed E-state index contributed by atoms with van der Waals surface area (Å²) in [7, 11) is 0. The van der Waals surface area contributed by atoms with Crippen molar-refractivity contribution in [3.8, 4) is 33.8 Å². The van der Waals surface area contributed by atoms with Gasteiger partial charge in [0.05, 0.1) is 5.69 Å². The summed E-state index contributed by atoms with van der Waals surface area (Å²) < 4.78 is 87.1. The van der Waals surface area contributed by atoms with E-state index >= 15 is 0 Å². The van der Waals surface area contributed by atoms with Gasteiger partial charge in [0.2, 0.25) is 23.7 Å². The highest BCUT2D eigenvalue weighted by molar-refractivity contribution is 5.97. The first-order valence-electron chi connectivity index (χ1n) is 18.5. The molecule has 0 atom stereocenters. The predicted octanol–water partition coefficient (Wildman–Crippen LogP) is 9.75. The quantitative estimate of drug-likeness (QED) is 0.0822. The van der Waals surface area contributed by atoms with Gasteiger partial charge in [-0.3, -0.25) is 9.59 Å². The highest BCUT2D eigenvalue weighted by atomic mass is 19.4. The molecule has 0 fully saturated rings. The van der Waals surface area contributed by atoms with Crippen LogP contribution in [-0.2, 0) is 9.59 Å². The number of anilines is 6. The van der Waals surface area contributed by atoms with Gasteiger partial charge in [0.1, 0.15) is 5.75 Å². The number of carbonyl (C=O) groups is 2. The molecule has 20 heteroatoms. The number of halogens is 6. The molecule has 0 aliphatic heterocycles. The third kappa shape index (κ3) is 10.3. The SMILES string of the molecule is O=C(CCC(=O)Nc1cccc(-c2ccc3nc(Nc4ccccc4OC(F)(F)F)nn3c2)c1)Nc1cccc(-c2ccc3nc(Nc4ccc(OC(F)(F)F)cc4)nn3c2)c1. The number of ether oxygens (including phenoxy) is 2. The highest BCUT2D eigenvalue weighted by Crippen LogP contribution is 2.32. The Morgan fingerprint density at radius 2 is 1.05 bits per heavy atom. The molecule has 8 rings (SSSR count). The number of fused-ring (bicyclic) bond motifs is 2. The molecule has 4 heterocycles. The number of alkyl halides is 6. The van der Waals surface area contributed by atoms with Crippen LogP contribution in [0.3, 0.4) is 0 Å². The Hall–Kier alpha value is -8.16. The van der Waals surface area contributed by atoms with Crippen LogP contribution in [0.25, 0.3) is 33.5 Å². The van der Waals surface area contributed by atoms with Crippen LogP contribution in [0.1, 0.15) is 12.8 Å². The summed E-state index contributed by atoms with van der Waals surface area (Å²) in [6.45, 7) is 0. The van der Waals surface area contributed by atoms with Crippen LogP contribution in [0.15, 0.2) is 134 Å². The van der Waals surface area contributed by atoms with E-state index in [-0.39, 0.29) is 48.0 Å². The zero-order valence-electron chi connectivity index (χ0n) is 31.7. The second kappa shape index (κ2) is 16.8. The van der Waals surface area contributed by atoms with Crippen LogP contribution in [0.5, 0.6) is 11.5 Å². The molecule has 314 valence electrons. The Labute approximate surface area is 346 Å². The third-order valence-electron chi connectivity index (χ3n) is 8.90. The van der Waals surface area contributed by atoms with E-state index in [1.807, 2.05) is 18.2 Å². The van der Waals surface area contributed by atoms with Gasteiger partial charge in [0.15, 0.2) is 17.0 Å². The van der Waals surface area contributed by atoms with Crippen LogP contribution >= 0.6 is 0 Å². The van der Waals surface area contributed by atoms with Gasteiger partial charge in [-0.2, -0.15) is 9.97 Å². The fourth-order valence-corrected chi connectivity index (χ4v) is 6.21. The van der Waals surface area contributed by atoms with E-state index in [0.717, 1.165) is 16.7 Å². The first kappa shape index (κ1) is 40.6. The number of carbonyl (C=O) groups excluding carboxylic acids is 2. The van der Waals surface area contributed by atoms with Gasteiger partial charge >= 0.3 is 12.7 Å². The molecule has 8 aromatic rings. The third-order valence-corrected chi connectivity index (χ3v) is 8.90. The van der Waals surface area contributed by atoms with Gasteiger partial charge in [0.25, 0.3) is 0 Å². The fourth-order valence-electron chi connectivity index (χ4n) is 6.21. The molecule has 0 saturated carbocycles. The van der Waals surface area contributed by atoms with Crippen molar-refractivity contribution in [1.29, 1.82) is 0 Å². The van der Waals surface area contributed by atoms with E-state index < -0.39 is 18.5 Å². The number of para-hydroxylation sites is 2.